The van der Waals surface area contributed by atoms with Gasteiger partial charge in [-0.25, -0.2) is 0 Å². The van der Waals surface area contributed by atoms with Gasteiger partial charge in [-0.3, -0.25) is 14.5 Å². The van der Waals surface area contributed by atoms with Crippen molar-refractivity contribution < 1.29 is 14.3 Å². The fourth-order valence-corrected chi connectivity index (χ4v) is 4.30. The van der Waals surface area contributed by atoms with E-state index in [-0.39, 0.29) is 17.9 Å². The van der Waals surface area contributed by atoms with E-state index in [1.54, 1.807) is 0 Å². The molecule has 162 valence electrons. The van der Waals surface area contributed by atoms with Crippen molar-refractivity contribution in [2.75, 3.05) is 13.1 Å². The number of imide groups is 1. The molecule has 2 aliphatic rings. The third kappa shape index (κ3) is 4.22. The Morgan fingerprint density at radius 2 is 1.68 bits per heavy atom. The minimum Gasteiger partial charge on any atom is -0.491 e. The van der Waals surface area contributed by atoms with Gasteiger partial charge in [0.1, 0.15) is 11.4 Å². The van der Waals surface area contributed by atoms with Gasteiger partial charge in [-0.05, 0) is 55.5 Å². The highest BCUT2D eigenvalue weighted by molar-refractivity contribution is 6.35. The van der Waals surface area contributed by atoms with E-state index < -0.39 is 0 Å². The number of amides is 2. The fourth-order valence-electron chi connectivity index (χ4n) is 4.30. The van der Waals surface area contributed by atoms with E-state index in [1.165, 1.54) is 16.0 Å². The Balaban J connectivity index is 1.72. The lowest BCUT2D eigenvalue weighted by atomic mass is 9.98. The second-order valence-corrected chi connectivity index (χ2v) is 8.47. The molecule has 0 spiro atoms. The van der Waals surface area contributed by atoms with Gasteiger partial charge < -0.3 is 9.64 Å². The standard InChI is InChI=1S/C26H30N2O3/c1-4-5-15-28-25(29)23(20-10-12-22(13-11-20)31-18(2)3)24(26(28)30)27-16-14-19-8-6-7-9-21(19)17-27/h6-13,18H,4-5,14-17H2,1-3H3. The normalized spacial score (nSPS) is 16.4. The van der Waals surface area contributed by atoms with Crippen molar-refractivity contribution in [3.05, 3.63) is 70.9 Å². The zero-order valence-electron chi connectivity index (χ0n) is 18.6. The lowest BCUT2D eigenvalue weighted by molar-refractivity contribution is -0.137. The average molecular weight is 419 g/mol. The Labute approximate surface area is 184 Å². The number of ether oxygens (including phenoxy) is 1. The molecule has 0 saturated heterocycles. The Bertz CT molecular complexity index is 1010. The molecule has 2 aliphatic heterocycles. The predicted octanol–water partition coefficient (Wildman–Crippen LogP) is 4.41. The predicted molar refractivity (Wildman–Crippen MR) is 121 cm³/mol. The highest BCUT2D eigenvalue weighted by Crippen LogP contribution is 2.35. The van der Waals surface area contributed by atoms with Crippen LogP contribution in [0.5, 0.6) is 5.75 Å². The minimum atomic E-state index is -0.190. The van der Waals surface area contributed by atoms with E-state index in [0.29, 0.717) is 24.4 Å². The van der Waals surface area contributed by atoms with Gasteiger partial charge >= 0.3 is 0 Å². The summed E-state index contributed by atoms with van der Waals surface area (Å²) in [7, 11) is 0. The number of fused-ring (bicyclic) bond motifs is 1. The maximum atomic E-state index is 13.4. The maximum Gasteiger partial charge on any atom is 0.277 e. The van der Waals surface area contributed by atoms with Crippen LogP contribution >= 0.6 is 0 Å². The van der Waals surface area contributed by atoms with Crippen LogP contribution < -0.4 is 4.74 Å². The van der Waals surface area contributed by atoms with Crippen molar-refractivity contribution in [1.29, 1.82) is 0 Å². The molecule has 0 unspecified atom stereocenters. The van der Waals surface area contributed by atoms with E-state index in [2.05, 4.69) is 30.0 Å². The van der Waals surface area contributed by atoms with Crippen LogP contribution in [-0.2, 0) is 22.6 Å². The number of nitrogens with zero attached hydrogens (tertiary/aromatic N) is 2. The van der Waals surface area contributed by atoms with Crippen molar-refractivity contribution in [2.45, 2.75) is 52.7 Å². The van der Waals surface area contributed by atoms with Crippen molar-refractivity contribution >= 4 is 17.4 Å². The molecule has 4 rings (SSSR count). The highest BCUT2D eigenvalue weighted by atomic mass is 16.5. The van der Waals surface area contributed by atoms with Crippen LogP contribution in [0.3, 0.4) is 0 Å². The number of unbranched alkanes of at least 4 members (excludes halogenated alkanes) is 1. The van der Waals surface area contributed by atoms with Crippen LogP contribution in [0.2, 0.25) is 0 Å². The summed E-state index contributed by atoms with van der Waals surface area (Å²) < 4.78 is 5.75. The van der Waals surface area contributed by atoms with Gasteiger partial charge in [-0.15, -0.1) is 0 Å². The zero-order valence-corrected chi connectivity index (χ0v) is 18.6. The molecule has 2 aromatic rings. The summed E-state index contributed by atoms with van der Waals surface area (Å²) in [5.74, 6) is 0.396. The zero-order chi connectivity index (χ0) is 22.0. The SMILES string of the molecule is CCCCN1C(=O)C(c2ccc(OC(C)C)cc2)=C(N2CCc3ccccc3C2)C1=O. The van der Waals surface area contributed by atoms with E-state index >= 15 is 0 Å². The van der Waals surface area contributed by atoms with Crippen LogP contribution in [-0.4, -0.2) is 40.8 Å². The lowest BCUT2D eigenvalue weighted by Crippen LogP contribution is -2.37. The fraction of sp³-hybridized carbons (Fsp3) is 0.385. The molecular formula is C26H30N2O3. The maximum absolute atomic E-state index is 13.4. The quantitative estimate of drug-likeness (QED) is 0.625. The summed E-state index contributed by atoms with van der Waals surface area (Å²) in [6.45, 7) is 7.85. The second kappa shape index (κ2) is 8.96. The van der Waals surface area contributed by atoms with Crippen molar-refractivity contribution in [1.82, 2.24) is 9.80 Å². The molecule has 5 nitrogen and oxygen atoms in total. The van der Waals surface area contributed by atoms with E-state index in [4.69, 9.17) is 4.74 Å². The number of carbonyl (C=O) groups is 2. The molecule has 0 aliphatic carbocycles. The van der Waals surface area contributed by atoms with Gasteiger partial charge in [-0.2, -0.15) is 0 Å². The van der Waals surface area contributed by atoms with Gasteiger partial charge in [0.05, 0.1) is 11.7 Å². The summed E-state index contributed by atoms with van der Waals surface area (Å²) in [5.41, 5.74) is 4.34. The number of carbonyl (C=O) groups excluding carboxylic acids is 2. The molecule has 0 N–H and O–H groups in total. The third-order valence-electron chi connectivity index (χ3n) is 5.84. The number of hydrogen-bond donors (Lipinski definition) is 0. The molecule has 0 atom stereocenters. The van der Waals surface area contributed by atoms with Crippen LogP contribution in [0.1, 0.15) is 50.3 Å². The van der Waals surface area contributed by atoms with Crippen LogP contribution in [0.4, 0.5) is 0 Å². The summed E-state index contributed by atoms with van der Waals surface area (Å²) in [6, 6.07) is 15.9. The molecule has 0 saturated carbocycles. The number of rotatable bonds is 7. The molecule has 31 heavy (non-hydrogen) atoms. The van der Waals surface area contributed by atoms with Crippen LogP contribution in [0.15, 0.2) is 54.2 Å². The molecule has 2 heterocycles. The number of benzene rings is 2. The first-order chi connectivity index (χ1) is 15.0. The molecular weight excluding hydrogens is 388 g/mol. The molecule has 5 heteroatoms. The Hall–Kier alpha value is -3.08. The van der Waals surface area contributed by atoms with Gasteiger partial charge in [0, 0.05) is 19.6 Å². The molecule has 2 aromatic carbocycles. The molecule has 2 amide bonds. The minimum absolute atomic E-state index is 0.0771. The summed E-state index contributed by atoms with van der Waals surface area (Å²) >= 11 is 0. The molecule has 0 bridgehead atoms. The first-order valence-corrected chi connectivity index (χ1v) is 11.2. The van der Waals surface area contributed by atoms with E-state index in [1.807, 2.05) is 44.2 Å². The molecule has 0 aromatic heterocycles. The largest absolute Gasteiger partial charge is 0.491 e. The summed E-state index contributed by atoms with van der Waals surface area (Å²) in [4.78, 5) is 30.3. The summed E-state index contributed by atoms with van der Waals surface area (Å²) in [6.07, 6.45) is 2.68. The molecule has 0 fully saturated rings. The topological polar surface area (TPSA) is 49.9 Å². The van der Waals surface area contributed by atoms with E-state index in [9.17, 15) is 9.59 Å². The highest BCUT2D eigenvalue weighted by Gasteiger charge is 2.41. The number of hydrogen-bond acceptors (Lipinski definition) is 4. The van der Waals surface area contributed by atoms with Crippen LogP contribution in [0, 0.1) is 0 Å². The first-order valence-electron chi connectivity index (χ1n) is 11.2. The second-order valence-electron chi connectivity index (χ2n) is 8.47. The molecule has 0 radical (unpaired) electrons. The Morgan fingerprint density at radius 3 is 2.35 bits per heavy atom. The van der Waals surface area contributed by atoms with Crippen molar-refractivity contribution in [2.24, 2.45) is 0 Å². The average Bonchev–Trinajstić information content (AvgIpc) is 3.01. The smallest absolute Gasteiger partial charge is 0.277 e. The monoisotopic (exact) mass is 418 g/mol. The first kappa shape index (κ1) is 21.2. The Kier molecular flexibility index (Phi) is 6.12. The van der Waals surface area contributed by atoms with Gasteiger partial charge in [0.15, 0.2) is 0 Å². The summed E-state index contributed by atoms with van der Waals surface area (Å²) in [5, 5.41) is 0. The van der Waals surface area contributed by atoms with Gasteiger partial charge in [0.25, 0.3) is 11.8 Å². The van der Waals surface area contributed by atoms with Crippen LogP contribution in [0.25, 0.3) is 5.57 Å². The van der Waals surface area contributed by atoms with Gasteiger partial charge in [0.2, 0.25) is 0 Å². The van der Waals surface area contributed by atoms with Crippen molar-refractivity contribution in [3.8, 4) is 5.75 Å². The Morgan fingerprint density at radius 1 is 0.968 bits per heavy atom. The van der Waals surface area contributed by atoms with Gasteiger partial charge in [-0.1, -0.05) is 49.7 Å². The van der Waals surface area contributed by atoms with E-state index in [0.717, 1.165) is 37.1 Å². The van der Waals surface area contributed by atoms with Crippen molar-refractivity contribution in [3.63, 3.8) is 0 Å². The lowest BCUT2D eigenvalue weighted by Gasteiger charge is -2.31. The third-order valence-corrected chi connectivity index (χ3v) is 5.84.